The maximum atomic E-state index is 13.3. The number of rotatable bonds is 5. The SMILES string of the molecule is Cc1ccc(-c2c(C)sc3ncn(CC(=O)Nc4nnc(C(C)C)s4)c(=O)c23)cc1C. The second kappa shape index (κ2) is 8.32. The van der Waals surface area contributed by atoms with E-state index in [1.54, 1.807) is 0 Å². The summed E-state index contributed by atoms with van der Waals surface area (Å²) in [5, 5.41) is 12.6. The fourth-order valence-electron chi connectivity index (χ4n) is 3.33. The van der Waals surface area contributed by atoms with Crippen molar-refractivity contribution >= 4 is 43.9 Å². The summed E-state index contributed by atoms with van der Waals surface area (Å²) in [6, 6.07) is 6.18. The van der Waals surface area contributed by atoms with Crippen molar-refractivity contribution in [3.63, 3.8) is 0 Å². The van der Waals surface area contributed by atoms with E-state index in [2.05, 4.69) is 46.5 Å². The lowest BCUT2D eigenvalue weighted by atomic mass is 9.99. The van der Waals surface area contributed by atoms with Crippen LogP contribution in [0.25, 0.3) is 21.3 Å². The Morgan fingerprint density at radius 2 is 1.90 bits per heavy atom. The van der Waals surface area contributed by atoms with E-state index in [0.29, 0.717) is 15.3 Å². The zero-order chi connectivity index (χ0) is 22.3. The Morgan fingerprint density at radius 3 is 2.58 bits per heavy atom. The molecule has 0 aliphatic heterocycles. The highest BCUT2D eigenvalue weighted by molar-refractivity contribution is 7.19. The van der Waals surface area contributed by atoms with Crippen molar-refractivity contribution in [3.8, 4) is 11.1 Å². The molecule has 1 aromatic carbocycles. The smallest absolute Gasteiger partial charge is 0.263 e. The fourth-order valence-corrected chi connectivity index (χ4v) is 5.09. The van der Waals surface area contributed by atoms with Crippen molar-refractivity contribution in [1.29, 1.82) is 0 Å². The van der Waals surface area contributed by atoms with Gasteiger partial charge in [0.05, 0.1) is 11.7 Å². The molecule has 0 saturated heterocycles. The summed E-state index contributed by atoms with van der Waals surface area (Å²) >= 11 is 2.83. The summed E-state index contributed by atoms with van der Waals surface area (Å²) in [7, 11) is 0. The van der Waals surface area contributed by atoms with E-state index < -0.39 is 0 Å². The number of fused-ring (bicyclic) bond motifs is 1. The van der Waals surface area contributed by atoms with Crippen LogP contribution < -0.4 is 10.9 Å². The predicted octanol–water partition coefficient (Wildman–Crippen LogP) is 4.66. The minimum Gasteiger partial charge on any atom is -0.299 e. The molecule has 4 rings (SSSR count). The van der Waals surface area contributed by atoms with Gasteiger partial charge in [-0.3, -0.25) is 19.5 Å². The van der Waals surface area contributed by atoms with Crippen LogP contribution in [0.5, 0.6) is 0 Å². The molecule has 0 bridgehead atoms. The van der Waals surface area contributed by atoms with Gasteiger partial charge in [0.25, 0.3) is 5.56 Å². The average molecular weight is 454 g/mol. The van der Waals surface area contributed by atoms with Gasteiger partial charge in [-0.1, -0.05) is 43.4 Å². The van der Waals surface area contributed by atoms with Crippen LogP contribution in [0.15, 0.2) is 29.3 Å². The Bertz CT molecular complexity index is 1350. The van der Waals surface area contributed by atoms with Crippen LogP contribution >= 0.6 is 22.7 Å². The van der Waals surface area contributed by atoms with Gasteiger partial charge in [0.15, 0.2) is 0 Å². The summed E-state index contributed by atoms with van der Waals surface area (Å²) < 4.78 is 1.35. The Morgan fingerprint density at radius 1 is 1.13 bits per heavy atom. The maximum absolute atomic E-state index is 13.3. The van der Waals surface area contributed by atoms with Gasteiger partial charge in [-0.15, -0.1) is 21.5 Å². The molecule has 160 valence electrons. The topological polar surface area (TPSA) is 89.8 Å². The number of hydrogen-bond acceptors (Lipinski definition) is 7. The number of thiophene rings is 1. The van der Waals surface area contributed by atoms with E-state index in [9.17, 15) is 9.59 Å². The minimum atomic E-state index is -0.339. The molecule has 1 amide bonds. The van der Waals surface area contributed by atoms with E-state index in [1.165, 1.54) is 39.1 Å². The van der Waals surface area contributed by atoms with Gasteiger partial charge in [0, 0.05) is 16.4 Å². The van der Waals surface area contributed by atoms with E-state index in [-0.39, 0.29) is 23.9 Å². The number of benzene rings is 1. The highest BCUT2D eigenvalue weighted by Crippen LogP contribution is 2.36. The zero-order valence-corrected chi connectivity index (χ0v) is 19.6. The van der Waals surface area contributed by atoms with Crippen molar-refractivity contribution in [2.45, 2.75) is 47.1 Å². The molecular formula is C22H23N5O2S2. The van der Waals surface area contributed by atoms with Crippen LogP contribution in [0.2, 0.25) is 0 Å². The summed E-state index contributed by atoms with van der Waals surface area (Å²) in [6.45, 7) is 10.0. The molecule has 0 aliphatic carbocycles. The first-order valence-electron chi connectivity index (χ1n) is 9.94. The van der Waals surface area contributed by atoms with Crippen molar-refractivity contribution < 1.29 is 4.79 Å². The standard InChI is InChI=1S/C22H23N5O2S2/c1-11(2)19-25-26-22(31-19)24-16(28)9-27-10-23-20-18(21(27)29)17(14(5)30-20)15-7-6-12(3)13(4)8-15/h6-8,10-11H,9H2,1-5H3,(H,24,26,28). The summed E-state index contributed by atoms with van der Waals surface area (Å²) in [4.78, 5) is 32.0. The molecule has 0 radical (unpaired) electrons. The number of nitrogens with zero attached hydrogens (tertiary/aromatic N) is 4. The van der Waals surface area contributed by atoms with Crippen LogP contribution in [0.3, 0.4) is 0 Å². The van der Waals surface area contributed by atoms with Gasteiger partial charge in [-0.25, -0.2) is 4.98 Å². The summed E-state index contributed by atoms with van der Waals surface area (Å²) in [5.74, 6) is -0.0996. The minimum absolute atomic E-state index is 0.139. The lowest BCUT2D eigenvalue weighted by Gasteiger charge is -2.08. The van der Waals surface area contributed by atoms with Crippen LogP contribution in [0, 0.1) is 20.8 Å². The van der Waals surface area contributed by atoms with Gasteiger partial charge >= 0.3 is 0 Å². The van der Waals surface area contributed by atoms with Gasteiger partial charge in [0.2, 0.25) is 11.0 Å². The Kier molecular flexibility index (Phi) is 5.72. The first kappa shape index (κ1) is 21.3. The number of aromatic nitrogens is 4. The number of carbonyl (C=O) groups excluding carboxylic acids is 1. The zero-order valence-electron chi connectivity index (χ0n) is 18.0. The van der Waals surface area contributed by atoms with Gasteiger partial charge in [-0.2, -0.15) is 0 Å². The Hall–Kier alpha value is -2.91. The average Bonchev–Trinajstić information content (AvgIpc) is 3.31. The van der Waals surface area contributed by atoms with Crippen molar-refractivity contribution in [3.05, 3.63) is 55.9 Å². The molecule has 0 atom stereocenters. The van der Waals surface area contributed by atoms with Crippen molar-refractivity contribution in [1.82, 2.24) is 19.7 Å². The molecular weight excluding hydrogens is 430 g/mol. The molecule has 0 saturated carbocycles. The lowest BCUT2D eigenvalue weighted by Crippen LogP contribution is -2.27. The third-order valence-electron chi connectivity index (χ3n) is 5.15. The van der Waals surface area contributed by atoms with E-state index >= 15 is 0 Å². The van der Waals surface area contributed by atoms with Crippen molar-refractivity contribution in [2.24, 2.45) is 0 Å². The summed E-state index contributed by atoms with van der Waals surface area (Å²) in [6.07, 6.45) is 1.43. The van der Waals surface area contributed by atoms with Gasteiger partial charge in [0.1, 0.15) is 16.4 Å². The Labute approximate surface area is 187 Å². The molecule has 31 heavy (non-hydrogen) atoms. The molecule has 0 fully saturated rings. The van der Waals surface area contributed by atoms with Crippen LogP contribution in [0.4, 0.5) is 5.13 Å². The number of amides is 1. The van der Waals surface area contributed by atoms with Crippen molar-refractivity contribution in [2.75, 3.05) is 5.32 Å². The third kappa shape index (κ3) is 4.15. The molecule has 9 heteroatoms. The van der Waals surface area contributed by atoms with E-state index in [1.807, 2.05) is 26.8 Å². The van der Waals surface area contributed by atoms with Crippen LogP contribution in [0.1, 0.15) is 40.8 Å². The fraction of sp³-hybridized carbons (Fsp3) is 0.318. The normalized spacial score (nSPS) is 11.4. The second-order valence-electron chi connectivity index (χ2n) is 7.84. The molecule has 0 spiro atoms. The quantitative estimate of drug-likeness (QED) is 0.474. The number of hydrogen-bond donors (Lipinski definition) is 1. The van der Waals surface area contributed by atoms with Gasteiger partial charge < -0.3 is 0 Å². The molecule has 4 aromatic rings. The maximum Gasteiger partial charge on any atom is 0.263 e. The van der Waals surface area contributed by atoms with Crippen LogP contribution in [-0.2, 0) is 11.3 Å². The lowest BCUT2D eigenvalue weighted by molar-refractivity contribution is -0.116. The molecule has 3 heterocycles. The summed E-state index contributed by atoms with van der Waals surface area (Å²) in [5.41, 5.74) is 4.02. The first-order valence-corrected chi connectivity index (χ1v) is 11.6. The van der Waals surface area contributed by atoms with Gasteiger partial charge in [-0.05, 0) is 37.5 Å². The van der Waals surface area contributed by atoms with E-state index in [0.717, 1.165) is 26.6 Å². The number of aryl methyl sites for hydroxylation is 3. The molecule has 1 N–H and O–H groups in total. The van der Waals surface area contributed by atoms with E-state index in [4.69, 9.17) is 0 Å². The third-order valence-corrected chi connectivity index (χ3v) is 7.30. The first-order chi connectivity index (χ1) is 14.7. The molecule has 7 nitrogen and oxygen atoms in total. The predicted molar refractivity (Wildman–Crippen MR) is 126 cm³/mol. The second-order valence-corrected chi connectivity index (χ2v) is 10.1. The highest BCUT2D eigenvalue weighted by atomic mass is 32.1. The number of anilines is 1. The molecule has 0 aliphatic rings. The molecule has 3 aromatic heterocycles. The highest BCUT2D eigenvalue weighted by Gasteiger charge is 2.19. The van der Waals surface area contributed by atoms with Crippen LogP contribution in [-0.4, -0.2) is 25.7 Å². The number of nitrogens with one attached hydrogen (secondary N) is 1. The number of carbonyl (C=O) groups is 1. The largest absolute Gasteiger partial charge is 0.299 e. The Balaban J connectivity index is 1.68. The molecule has 0 unspecified atom stereocenters. The monoisotopic (exact) mass is 453 g/mol.